The van der Waals surface area contributed by atoms with Crippen molar-refractivity contribution in [2.24, 2.45) is 0 Å². The van der Waals surface area contributed by atoms with Gasteiger partial charge >= 0.3 is 6.03 Å². The lowest BCUT2D eigenvalue weighted by molar-refractivity contribution is 0.122. The summed E-state index contributed by atoms with van der Waals surface area (Å²) in [5.74, 6) is 0.993. The number of hydrogen-bond acceptors (Lipinski definition) is 7. The first-order valence-electron chi connectivity index (χ1n) is 11.4. The maximum atomic E-state index is 12.3. The molecule has 0 bridgehead atoms. The number of morpholine rings is 1. The third kappa shape index (κ3) is 6.88. The van der Waals surface area contributed by atoms with Crippen LogP contribution in [0.1, 0.15) is 37.8 Å². The van der Waals surface area contributed by atoms with E-state index in [4.69, 9.17) is 9.72 Å². The number of carbonyl (C=O) groups excluding carboxylic acids is 1. The van der Waals surface area contributed by atoms with Crippen molar-refractivity contribution in [3.63, 3.8) is 0 Å². The van der Waals surface area contributed by atoms with Gasteiger partial charge in [0.25, 0.3) is 0 Å². The summed E-state index contributed by atoms with van der Waals surface area (Å²) in [7, 11) is -3.24. The minimum atomic E-state index is -3.24. The lowest BCUT2D eigenvalue weighted by Gasteiger charge is -2.28. The fourth-order valence-electron chi connectivity index (χ4n) is 4.21. The molecular weight excluding hydrogens is 442 g/mol. The van der Waals surface area contributed by atoms with Gasteiger partial charge in [-0.3, -0.25) is 0 Å². The first kappa shape index (κ1) is 23.4. The molecule has 1 aliphatic carbocycles. The van der Waals surface area contributed by atoms with Crippen LogP contribution in [0.15, 0.2) is 30.3 Å². The Hall–Kier alpha value is -2.72. The van der Waals surface area contributed by atoms with Gasteiger partial charge in [0.1, 0.15) is 5.82 Å². The number of benzene rings is 1. The molecule has 2 heterocycles. The van der Waals surface area contributed by atoms with E-state index in [1.165, 1.54) is 12.7 Å². The highest BCUT2D eigenvalue weighted by Gasteiger charge is 2.18. The van der Waals surface area contributed by atoms with Crippen LogP contribution in [-0.4, -0.2) is 63.0 Å². The van der Waals surface area contributed by atoms with Crippen molar-refractivity contribution in [2.75, 3.05) is 42.8 Å². The SMILES string of the molecule is CS(=O)(=O)Cc1cc(N2CCOCC2)nc(-c2ccc(NC(=O)NC3CCCCC3)cc2)n1. The summed E-state index contributed by atoms with van der Waals surface area (Å²) in [5, 5.41) is 5.92. The molecule has 1 aromatic carbocycles. The molecular formula is C23H31N5O4S. The maximum Gasteiger partial charge on any atom is 0.319 e. The summed E-state index contributed by atoms with van der Waals surface area (Å²) >= 11 is 0. The Morgan fingerprint density at radius 3 is 2.45 bits per heavy atom. The molecule has 2 aliphatic rings. The zero-order chi connectivity index (χ0) is 23.3. The first-order chi connectivity index (χ1) is 15.9. The summed E-state index contributed by atoms with van der Waals surface area (Å²) in [6, 6.07) is 9.05. The molecule has 1 saturated heterocycles. The molecule has 9 nitrogen and oxygen atoms in total. The molecule has 1 aliphatic heterocycles. The number of aromatic nitrogens is 2. The highest BCUT2D eigenvalue weighted by Crippen LogP contribution is 2.24. The predicted molar refractivity (Wildman–Crippen MR) is 128 cm³/mol. The van der Waals surface area contributed by atoms with Crippen molar-refractivity contribution in [2.45, 2.75) is 43.9 Å². The molecule has 178 valence electrons. The summed E-state index contributed by atoms with van der Waals surface area (Å²) in [6.45, 7) is 2.58. The van der Waals surface area contributed by atoms with Crippen LogP contribution >= 0.6 is 0 Å². The Morgan fingerprint density at radius 2 is 1.79 bits per heavy atom. The van der Waals surface area contributed by atoms with Gasteiger partial charge < -0.3 is 20.3 Å². The molecule has 4 rings (SSSR count). The number of amides is 2. The van der Waals surface area contributed by atoms with Crippen molar-refractivity contribution >= 4 is 27.4 Å². The van der Waals surface area contributed by atoms with Gasteiger partial charge in [-0.25, -0.2) is 23.2 Å². The van der Waals surface area contributed by atoms with Gasteiger partial charge in [0.05, 0.1) is 24.7 Å². The van der Waals surface area contributed by atoms with E-state index in [0.29, 0.717) is 49.3 Å². The average Bonchev–Trinajstić information content (AvgIpc) is 2.79. The molecule has 2 fully saturated rings. The molecule has 1 aromatic heterocycles. The molecule has 33 heavy (non-hydrogen) atoms. The van der Waals surface area contributed by atoms with Crippen LogP contribution in [0.2, 0.25) is 0 Å². The second-order valence-corrected chi connectivity index (χ2v) is 10.9. The molecule has 2 N–H and O–H groups in total. The number of urea groups is 1. The Balaban J connectivity index is 1.50. The van der Waals surface area contributed by atoms with Crippen LogP contribution in [0.25, 0.3) is 11.4 Å². The van der Waals surface area contributed by atoms with Gasteiger partial charge in [-0.2, -0.15) is 0 Å². The quantitative estimate of drug-likeness (QED) is 0.663. The Morgan fingerprint density at radius 1 is 1.09 bits per heavy atom. The van der Waals surface area contributed by atoms with Crippen LogP contribution in [0.4, 0.5) is 16.3 Å². The lowest BCUT2D eigenvalue weighted by atomic mass is 9.96. The maximum absolute atomic E-state index is 12.3. The van der Waals surface area contributed by atoms with Crippen LogP contribution < -0.4 is 15.5 Å². The average molecular weight is 474 g/mol. The van der Waals surface area contributed by atoms with Crippen LogP contribution in [-0.2, 0) is 20.3 Å². The molecule has 1 saturated carbocycles. The topological polar surface area (TPSA) is 114 Å². The van der Waals surface area contributed by atoms with Crippen molar-refractivity contribution < 1.29 is 17.9 Å². The standard InChI is InChI=1S/C23H31N5O4S/c1-33(30,31)16-20-15-21(28-11-13-32-14-12-28)27-22(24-20)17-7-9-19(10-8-17)26-23(29)25-18-5-3-2-4-6-18/h7-10,15,18H,2-6,11-14,16H2,1H3,(H2,25,26,29). The van der Waals surface area contributed by atoms with Gasteiger partial charge in [-0.15, -0.1) is 0 Å². The van der Waals surface area contributed by atoms with E-state index in [0.717, 1.165) is 31.2 Å². The highest BCUT2D eigenvalue weighted by atomic mass is 32.2. The minimum absolute atomic E-state index is 0.152. The molecule has 10 heteroatoms. The van der Waals surface area contributed by atoms with E-state index < -0.39 is 9.84 Å². The highest BCUT2D eigenvalue weighted by molar-refractivity contribution is 7.89. The largest absolute Gasteiger partial charge is 0.378 e. The molecule has 0 spiro atoms. The number of nitrogens with zero attached hydrogens (tertiary/aromatic N) is 3. The zero-order valence-electron chi connectivity index (χ0n) is 18.9. The van der Waals surface area contributed by atoms with Gasteiger partial charge in [0.2, 0.25) is 0 Å². The van der Waals surface area contributed by atoms with E-state index in [1.807, 2.05) is 12.1 Å². The van der Waals surface area contributed by atoms with E-state index in [9.17, 15) is 13.2 Å². The Labute approximate surface area is 194 Å². The van der Waals surface area contributed by atoms with Gasteiger partial charge in [0, 0.05) is 42.7 Å². The van der Waals surface area contributed by atoms with Gasteiger partial charge in [-0.05, 0) is 37.1 Å². The second-order valence-electron chi connectivity index (χ2n) is 8.72. The number of ether oxygens (including phenoxy) is 1. The van der Waals surface area contributed by atoms with Crippen LogP contribution in [0, 0.1) is 0 Å². The molecule has 0 unspecified atom stereocenters. The summed E-state index contributed by atoms with van der Waals surface area (Å²) in [6.07, 6.45) is 6.80. The monoisotopic (exact) mass is 473 g/mol. The number of hydrogen-bond donors (Lipinski definition) is 2. The zero-order valence-corrected chi connectivity index (χ0v) is 19.7. The third-order valence-electron chi connectivity index (χ3n) is 5.85. The van der Waals surface area contributed by atoms with Crippen LogP contribution in [0.5, 0.6) is 0 Å². The van der Waals surface area contributed by atoms with Crippen molar-refractivity contribution in [1.82, 2.24) is 15.3 Å². The van der Waals surface area contributed by atoms with Crippen molar-refractivity contribution in [1.29, 1.82) is 0 Å². The number of rotatable bonds is 6. The molecule has 0 atom stereocenters. The second kappa shape index (κ2) is 10.5. The van der Waals surface area contributed by atoms with E-state index in [2.05, 4.69) is 20.5 Å². The smallest absolute Gasteiger partial charge is 0.319 e. The fraction of sp³-hybridized carbons (Fsp3) is 0.522. The van der Waals surface area contributed by atoms with E-state index >= 15 is 0 Å². The number of anilines is 2. The number of nitrogens with one attached hydrogen (secondary N) is 2. The summed E-state index contributed by atoms with van der Waals surface area (Å²) in [4.78, 5) is 23.6. The van der Waals surface area contributed by atoms with Crippen molar-refractivity contribution in [3.8, 4) is 11.4 Å². The fourth-order valence-corrected chi connectivity index (χ4v) is 4.90. The lowest BCUT2D eigenvalue weighted by Crippen LogP contribution is -2.38. The Kier molecular flexibility index (Phi) is 7.44. The van der Waals surface area contributed by atoms with E-state index in [1.54, 1.807) is 18.2 Å². The predicted octanol–water partition coefficient (Wildman–Crippen LogP) is 2.98. The first-order valence-corrected chi connectivity index (χ1v) is 13.5. The normalized spacial score (nSPS) is 17.5. The Bertz CT molecular complexity index is 1060. The third-order valence-corrected chi connectivity index (χ3v) is 6.67. The number of sulfone groups is 1. The van der Waals surface area contributed by atoms with Crippen molar-refractivity contribution in [3.05, 3.63) is 36.0 Å². The minimum Gasteiger partial charge on any atom is -0.378 e. The summed E-state index contributed by atoms with van der Waals surface area (Å²) in [5.41, 5.74) is 1.88. The summed E-state index contributed by atoms with van der Waals surface area (Å²) < 4.78 is 29.2. The molecule has 0 radical (unpaired) electrons. The van der Waals surface area contributed by atoms with Gasteiger partial charge in [0.15, 0.2) is 15.7 Å². The number of carbonyl (C=O) groups is 1. The van der Waals surface area contributed by atoms with Gasteiger partial charge in [-0.1, -0.05) is 19.3 Å². The molecule has 2 amide bonds. The van der Waals surface area contributed by atoms with Crippen LogP contribution in [0.3, 0.4) is 0 Å². The van der Waals surface area contributed by atoms with E-state index in [-0.39, 0.29) is 17.8 Å². The molecule has 2 aromatic rings.